The number of hydrogen-bond acceptors (Lipinski definition) is 7. The van der Waals surface area contributed by atoms with Crippen LogP contribution in [0.2, 0.25) is 0 Å². The van der Waals surface area contributed by atoms with E-state index in [9.17, 15) is 14.0 Å². The predicted octanol–water partition coefficient (Wildman–Crippen LogP) is 4.51. The Morgan fingerprint density at radius 1 is 0.925 bits per heavy atom. The highest BCUT2D eigenvalue weighted by Crippen LogP contribution is 2.29. The Balaban J connectivity index is 1.51. The third kappa shape index (κ3) is 4.80. The minimum absolute atomic E-state index is 0.0954. The highest BCUT2D eigenvalue weighted by Gasteiger charge is 2.16. The minimum Gasteiger partial charge on any atom is -0.491 e. The lowest BCUT2D eigenvalue weighted by Gasteiger charge is -2.07. The zero-order chi connectivity index (χ0) is 27.6. The van der Waals surface area contributed by atoms with Gasteiger partial charge in [-0.1, -0.05) is 66.8 Å². The van der Waals surface area contributed by atoms with Crippen molar-refractivity contribution in [2.24, 2.45) is 0 Å². The van der Waals surface area contributed by atoms with Crippen molar-refractivity contribution in [3.8, 4) is 34.0 Å². The monoisotopic (exact) mass is 551 g/mol. The lowest BCUT2D eigenvalue weighted by atomic mass is 10.1. The van der Waals surface area contributed by atoms with Gasteiger partial charge in [-0.2, -0.15) is 19.7 Å². The number of thiazole rings is 1. The van der Waals surface area contributed by atoms with Crippen LogP contribution >= 0.6 is 11.3 Å². The standard InChI is InChI=1S/C30H22FN5O3S/c1-2-15-39-24-14-13-20(16-23(24)31)26-21(18-35(33-26)22-11-7-4-8-12-22)17-25-29(38)36-30(40-25)32-28(37)27(34-36)19-9-5-3-6-10-19/h3-14,16-18H,2,15H2,1H3/b25-17-. The van der Waals surface area contributed by atoms with Crippen LogP contribution in [-0.2, 0) is 0 Å². The number of aromatic nitrogens is 5. The van der Waals surface area contributed by atoms with Gasteiger partial charge in [0.25, 0.3) is 5.56 Å². The van der Waals surface area contributed by atoms with E-state index in [-0.39, 0.29) is 16.4 Å². The van der Waals surface area contributed by atoms with Gasteiger partial charge in [-0.05, 0) is 42.8 Å². The molecular formula is C30H22FN5O3S. The molecule has 3 aromatic carbocycles. The second kappa shape index (κ2) is 10.7. The summed E-state index contributed by atoms with van der Waals surface area (Å²) in [5.41, 5.74) is 2.11. The summed E-state index contributed by atoms with van der Waals surface area (Å²) in [7, 11) is 0. The first-order chi connectivity index (χ1) is 19.5. The van der Waals surface area contributed by atoms with Gasteiger partial charge in [-0.25, -0.2) is 9.07 Å². The van der Waals surface area contributed by atoms with E-state index >= 15 is 0 Å². The summed E-state index contributed by atoms with van der Waals surface area (Å²) in [4.78, 5) is 30.4. The summed E-state index contributed by atoms with van der Waals surface area (Å²) in [5, 5.41) is 9.04. The van der Waals surface area contributed by atoms with Crippen LogP contribution in [0.25, 0.3) is 39.2 Å². The fraction of sp³-hybridized carbons (Fsp3) is 0.100. The van der Waals surface area contributed by atoms with Crippen molar-refractivity contribution in [1.82, 2.24) is 24.4 Å². The van der Waals surface area contributed by atoms with E-state index in [1.54, 1.807) is 53.4 Å². The first-order valence-electron chi connectivity index (χ1n) is 12.6. The predicted molar refractivity (Wildman–Crippen MR) is 152 cm³/mol. The lowest BCUT2D eigenvalue weighted by Crippen LogP contribution is -2.26. The Kier molecular flexibility index (Phi) is 6.75. The molecule has 6 aromatic rings. The fourth-order valence-electron chi connectivity index (χ4n) is 4.23. The van der Waals surface area contributed by atoms with Crippen LogP contribution in [-0.4, -0.2) is 31.0 Å². The fourth-order valence-corrected chi connectivity index (χ4v) is 5.13. The van der Waals surface area contributed by atoms with E-state index in [1.165, 1.54) is 6.07 Å². The number of benzene rings is 3. The van der Waals surface area contributed by atoms with Crippen LogP contribution in [0.1, 0.15) is 18.9 Å². The molecule has 0 atom stereocenters. The first-order valence-corrected chi connectivity index (χ1v) is 13.4. The molecule has 0 amide bonds. The molecule has 10 heteroatoms. The Morgan fingerprint density at radius 3 is 2.40 bits per heavy atom. The maximum Gasteiger partial charge on any atom is 0.300 e. The van der Waals surface area contributed by atoms with Crippen molar-refractivity contribution in [2.75, 3.05) is 6.61 Å². The molecule has 0 fully saturated rings. The van der Waals surface area contributed by atoms with Crippen LogP contribution in [0.3, 0.4) is 0 Å². The SMILES string of the molecule is CCCOc1ccc(-c2nn(-c3ccccc3)cc2/C=c2\sc3nc(=O)c(-c4ccccc4)nn3c2=O)cc1F. The number of ether oxygens (including phenoxy) is 1. The molecular weight excluding hydrogens is 529 g/mol. The van der Waals surface area contributed by atoms with Gasteiger partial charge < -0.3 is 4.74 Å². The molecule has 0 aliphatic rings. The molecule has 0 aliphatic carbocycles. The number of nitrogens with zero attached hydrogens (tertiary/aromatic N) is 5. The number of para-hydroxylation sites is 1. The zero-order valence-corrected chi connectivity index (χ0v) is 22.1. The Labute approximate surface area is 231 Å². The number of rotatable bonds is 7. The maximum absolute atomic E-state index is 14.9. The number of halogens is 1. The maximum atomic E-state index is 14.9. The molecule has 0 radical (unpaired) electrons. The van der Waals surface area contributed by atoms with Crippen molar-refractivity contribution < 1.29 is 9.13 Å². The zero-order valence-electron chi connectivity index (χ0n) is 21.3. The molecule has 3 heterocycles. The molecule has 0 aliphatic heterocycles. The summed E-state index contributed by atoms with van der Waals surface area (Å²) in [6.07, 6.45) is 4.20. The molecule has 0 saturated heterocycles. The Hall–Kier alpha value is -4.96. The highest BCUT2D eigenvalue weighted by atomic mass is 32.1. The third-order valence-electron chi connectivity index (χ3n) is 6.15. The third-order valence-corrected chi connectivity index (χ3v) is 7.11. The molecule has 0 spiro atoms. The molecule has 0 bridgehead atoms. The smallest absolute Gasteiger partial charge is 0.300 e. The second-order valence-corrected chi connectivity index (χ2v) is 9.96. The van der Waals surface area contributed by atoms with Gasteiger partial charge in [0.15, 0.2) is 17.3 Å². The molecule has 40 heavy (non-hydrogen) atoms. The van der Waals surface area contributed by atoms with Gasteiger partial charge in [0, 0.05) is 22.9 Å². The minimum atomic E-state index is -0.516. The van der Waals surface area contributed by atoms with Crippen molar-refractivity contribution in [3.05, 3.63) is 122 Å². The van der Waals surface area contributed by atoms with Gasteiger partial charge in [0.05, 0.1) is 16.8 Å². The quantitative estimate of drug-likeness (QED) is 0.290. The van der Waals surface area contributed by atoms with Crippen LogP contribution in [0, 0.1) is 5.82 Å². The second-order valence-electron chi connectivity index (χ2n) is 8.95. The molecule has 0 unspecified atom stereocenters. The van der Waals surface area contributed by atoms with Gasteiger partial charge >= 0.3 is 5.56 Å². The average Bonchev–Trinajstić information content (AvgIpc) is 3.53. The van der Waals surface area contributed by atoms with E-state index in [4.69, 9.17) is 9.84 Å². The van der Waals surface area contributed by atoms with Crippen LogP contribution < -0.4 is 20.4 Å². The lowest BCUT2D eigenvalue weighted by molar-refractivity contribution is 0.301. The molecule has 6 rings (SSSR count). The van der Waals surface area contributed by atoms with Crippen LogP contribution in [0.4, 0.5) is 4.39 Å². The van der Waals surface area contributed by atoms with Gasteiger partial charge in [-0.3, -0.25) is 9.59 Å². The molecule has 0 N–H and O–H groups in total. The summed E-state index contributed by atoms with van der Waals surface area (Å²) in [6, 6.07) is 23.0. The van der Waals surface area contributed by atoms with E-state index in [2.05, 4.69) is 10.1 Å². The molecule has 3 aromatic heterocycles. The van der Waals surface area contributed by atoms with E-state index in [1.807, 2.05) is 43.3 Å². The van der Waals surface area contributed by atoms with Crippen LogP contribution in [0.5, 0.6) is 5.75 Å². The highest BCUT2D eigenvalue weighted by molar-refractivity contribution is 7.15. The largest absolute Gasteiger partial charge is 0.491 e. The first kappa shape index (κ1) is 25.3. The molecule has 198 valence electrons. The summed E-state index contributed by atoms with van der Waals surface area (Å²) < 4.78 is 23.5. The average molecular weight is 552 g/mol. The summed E-state index contributed by atoms with van der Waals surface area (Å²) in [5.74, 6) is -0.334. The van der Waals surface area contributed by atoms with Gasteiger partial charge in [-0.15, -0.1) is 0 Å². The number of hydrogen-bond donors (Lipinski definition) is 0. The summed E-state index contributed by atoms with van der Waals surface area (Å²) in [6.45, 7) is 2.36. The van der Waals surface area contributed by atoms with Crippen molar-refractivity contribution in [1.29, 1.82) is 0 Å². The van der Waals surface area contributed by atoms with Crippen LogP contribution in [0.15, 0.2) is 94.6 Å². The van der Waals surface area contributed by atoms with Gasteiger partial charge in [0.2, 0.25) is 4.96 Å². The van der Waals surface area contributed by atoms with E-state index < -0.39 is 16.9 Å². The Bertz CT molecular complexity index is 2000. The van der Waals surface area contributed by atoms with Crippen molar-refractivity contribution in [2.45, 2.75) is 13.3 Å². The van der Waals surface area contributed by atoms with E-state index in [0.29, 0.717) is 33.5 Å². The van der Waals surface area contributed by atoms with Crippen molar-refractivity contribution >= 4 is 22.4 Å². The van der Waals surface area contributed by atoms with Crippen molar-refractivity contribution in [3.63, 3.8) is 0 Å². The van der Waals surface area contributed by atoms with Gasteiger partial charge in [0.1, 0.15) is 5.69 Å². The normalized spacial score (nSPS) is 11.8. The molecule has 8 nitrogen and oxygen atoms in total. The number of fused-ring (bicyclic) bond motifs is 1. The molecule has 0 saturated carbocycles. The Morgan fingerprint density at radius 2 is 1.68 bits per heavy atom. The summed E-state index contributed by atoms with van der Waals surface area (Å²) >= 11 is 1.05. The van der Waals surface area contributed by atoms with E-state index in [0.717, 1.165) is 28.0 Å². The topological polar surface area (TPSA) is 91.4 Å².